The summed E-state index contributed by atoms with van der Waals surface area (Å²) in [5.41, 5.74) is 8.60. The SMILES string of the molecule is CC(C)(C)OC(=O)N1C[C@@H](Cn2cc(-c3ccc4ccn(-c5ccccc5)c(=O)c4c3)c3c(N)ncnc32)[C@@H](O)C1. The number of β-amino-alcohol motifs (C(OH)–C–C–N with tert-alkyl or cyclic N) is 1. The number of rotatable bonds is 4. The van der Waals surface area contributed by atoms with E-state index >= 15 is 0 Å². The fourth-order valence-electron chi connectivity index (χ4n) is 5.47. The molecule has 1 amide bonds. The molecule has 0 bridgehead atoms. The van der Waals surface area contributed by atoms with Gasteiger partial charge < -0.3 is 25.0 Å². The summed E-state index contributed by atoms with van der Waals surface area (Å²) in [6, 6.07) is 17.2. The second-order valence-corrected chi connectivity index (χ2v) is 11.5. The zero-order valence-corrected chi connectivity index (χ0v) is 23.2. The number of carbonyl (C=O) groups excluding carboxylic acids is 1. The molecule has 3 aromatic heterocycles. The second-order valence-electron chi connectivity index (χ2n) is 11.5. The maximum atomic E-state index is 13.5. The van der Waals surface area contributed by atoms with Crippen LogP contribution < -0.4 is 11.3 Å². The maximum Gasteiger partial charge on any atom is 0.410 e. The van der Waals surface area contributed by atoms with Crippen LogP contribution in [0.2, 0.25) is 0 Å². The van der Waals surface area contributed by atoms with Crippen LogP contribution in [0.1, 0.15) is 20.8 Å². The Morgan fingerprint density at radius 3 is 2.63 bits per heavy atom. The monoisotopic (exact) mass is 552 g/mol. The van der Waals surface area contributed by atoms with Crippen molar-refractivity contribution in [3.05, 3.63) is 83.7 Å². The molecule has 41 heavy (non-hydrogen) atoms. The third-order valence-electron chi connectivity index (χ3n) is 7.42. The highest BCUT2D eigenvalue weighted by Crippen LogP contribution is 2.35. The topological polar surface area (TPSA) is 128 Å². The van der Waals surface area contributed by atoms with E-state index in [9.17, 15) is 14.7 Å². The van der Waals surface area contributed by atoms with E-state index in [0.29, 0.717) is 35.3 Å². The number of aliphatic hydroxyl groups is 1. The minimum absolute atomic E-state index is 0.125. The first-order valence-corrected chi connectivity index (χ1v) is 13.6. The Bertz CT molecular complexity index is 1820. The molecule has 0 spiro atoms. The van der Waals surface area contributed by atoms with Gasteiger partial charge in [0.05, 0.1) is 18.0 Å². The van der Waals surface area contributed by atoms with E-state index in [1.54, 1.807) is 10.8 Å². The molecule has 4 heterocycles. The minimum atomic E-state index is -0.722. The van der Waals surface area contributed by atoms with Gasteiger partial charge in [0.25, 0.3) is 5.56 Å². The van der Waals surface area contributed by atoms with Gasteiger partial charge in [-0.15, -0.1) is 0 Å². The predicted octanol–water partition coefficient (Wildman–Crippen LogP) is 4.21. The van der Waals surface area contributed by atoms with Crippen LogP contribution in [0.3, 0.4) is 0 Å². The van der Waals surface area contributed by atoms with Crippen molar-refractivity contribution in [2.75, 3.05) is 18.8 Å². The summed E-state index contributed by atoms with van der Waals surface area (Å²) in [7, 11) is 0. The third-order valence-corrected chi connectivity index (χ3v) is 7.42. The number of nitrogen functional groups attached to an aromatic ring is 1. The van der Waals surface area contributed by atoms with Gasteiger partial charge in [-0.1, -0.05) is 30.3 Å². The van der Waals surface area contributed by atoms with Crippen molar-refractivity contribution < 1.29 is 14.6 Å². The number of aromatic nitrogens is 4. The second kappa shape index (κ2) is 10.0. The van der Waals surface area contributed by atoms with Gasteiger partial charge >= 0.3 is 6.09 Å². The first kappa shape index (κ1) is 26.5. The highest BCUT2D eigenvalue weighted by Gasteiger charge is 2.36. The van der Waals surface area contributed by atoms with Crippen LogP contribution in [-0.2, 0) is 11.3 Å². The lowest BCUT2D eigenvalue weighted by Gasteiger charge is -2.24. The fraction of sp³-hybridized carbons (Fsp3) is 0.290. The molecule has 0 radical (unpaired) electrons. The maximum absolute atomic E-state index is 13.5. The number of ether oxygens (including phenoxy) is 1. The van der Waals surface area contributed by atoms with E-state index in [2.05, 4.69) is 9.97 Å². The van der Waals surface area contributed by atoms with Gasteiger partial charge in [0.2, 0.25) is 0 Å². The summed E-state index contributed by atoms with van der Waals surface area (Å²) >= 11 is 0. The van der Waals surface area contributed by atoms with Crippen LogP contribution in [0.5, 0.6) is 0 Å². The molecule has 210 valence electrons. The van der Waals surface area contributed by atoms with Crippen LogP contribution in [0, 0.1) is 5.92 Å². The molecule has 2 atom stereocenters. The number of carbonyl (C=O) groups is 1. The molecule has 0 saturated carbocycles. The normalized spacial score (nSPS) is 17.4. The smallest absolute Gasteiger partial charge is 0.410 e. The van der Waals surface area contributed by atoms with Crippen molar-refractivity contribution in [1.29, 1.82) is 0 Å². The average molecular weight is 553 g/mol. The van der Waals surface area contributed by atoms with Crippen LogP contribution in [0.15, 0.2) is 78.1 Å². The molecule has 1 aliphatic rings. The summed E-state index contributed by atoms with van der Waals surface area (Å²) in [5.74, 6) is 0.0813. The highest BCUT2D eigenvalue weighted by atomic mass is 16.6. The van der Waals surface area contributed by atoms with E-state index in [-0.39, 0.29) is 18.0 Å². The summed E-state index contributed by atoms with van der Waals surface area (Å²) < 4.78 is 9.07. The van der Waals surface area contributed by atoms with Crippen molar-refractivity contribution in [3.63, 3.8) is 0 Å². The molecule has 5 aromatic rings. The lowest BCUT2D eigenvalue weighted by molar-refractivity contribution is 0.0269. The van der Waals surface area contributed by atoms with Crippen molar-refractivity contribution in [2.24, 2.45) is 5.92 Å². The van der Waals surface area contributed by atoms with Gasteiger partial charge in [-0.2, -0.15) is 0 Å². The van der Waals surface area contributed by atoms with Crippen LogP contribution in [-0.4, -0.2) is 60.0 Å². The number of likely N-dealkylation sites (tertiary alicyclic amines) is 1. The Morgan fingerprint density at radius 1 is 1.10 bits per heavy atom. The number of anilines is 1. The standard InChI is InChI=1S/C31H32N6O4/c1-31(2,3)41-30(40)36-15-21(25(38)17-36)14-35-16-24(26-27(32)33-18-34-28(26)35)20-10-9-19-11-12-37(29(39)23(19)13-20)22-7-5-4-6-8-22/h4-13,16,18,21,25,38H,14-15,17H2,1-3H3,(H2,32,33,34)/t21-,25+/m1/s1. The van der Waals surface area contributed by atoms with Gasteiger partial charge in [0.15, 0.2) is 0 Å². The number of pyridine rings is 1. The van der Waals surface area contributed by atoms with Crippen LogP contribution in [0.25, 0.3) is 38.6 Å². The molecule has 0 aliphatic carbocycles. The molecule has 1 fully saturated rings. The number of fused-ring (bicyclic) bond motifs is 2. The van der Waals surface area contributed by atoms with Crippen LogP contribution >= 0.6 is 0 Å². The lowest BCUT2D eigenvalue weighted by atomic mass is 10.0. The van der Waals surface area contributed by atoms with Gasteiger partial charge in [0, 0.05) is 48.0 Å². The Morgan fingerprint density at radius 2 is 1.88 bits per heavy atom. The fourth-order valence-corrected chi connectivity index (χ4v) is 5.47. The average Bonchev–Trinajstić information content (AvgIpc) is 3.50. The van der Waals surface area contributed by atoms with E-state index in [1.807, 2.05) is 86.1 Å². The molecule has 10 nitrogen and oxygen atoms in total. The zero-order valence-electron chi connectivity index (χ0n) is 23.2. The number of nitrogens with zero attached hydrogens (tertiary/aromatic N) is 5. The number of aliphatic hydroxyl groups excluding tert-OH is 1. The number of amides is 1. The van der Waals surface area contributed by atoms with Gasteiger partial charge in [-0.05, 0) is 56.0 Å². The van der Waals surface area contributed by atoms with Gasteiger partial charge in [0.1, 0.15) is 23.4 Å². The summed E-state index contributed by atoms with van der Waals surface area (Å²) in [4.78, 5) is 36.4. The van der Waals surface area contributed by atoms with E-state index < -0.39 is 17.8 Å². The Balaban J connectivity index is 1.38. The number of para-hydroxylation sites is 1. The van der Waals surface area contributed by atoms with Crippen molar-refractivity contribution >= 4 is 33.7 Å². The number of hydrogen-bond donors (Lipinski definition) is 2. The Kier molecular flexibility index (Phi) is 6.50. The Hall–Kier alpha value is -4.70. The summed E-state index contributed by atoms with van der Waals surface area (Å²) in [6.45, 7) is 6.40. The molecule has 3 N–H and O–H groups in total. The molecule has 6 rings (SSSR count). The predicted molar refractivity (Wildman–Crippen MR) is 158 cm³/mol. The number of nitrogens with two attached hydrogens (primary N) is 1. The molecule has 10 heteroatoms. The number of hydrogen-bond acceptors (Lipinski definition) is 7. The zero-order chi connectivity index (χ0) is 28.9. The van der Waals surface area contributed by atoms with Crippen molar-refractivity contribution in [1.82, 2.24) is 24.0 Å². The largest absolute Gasteiger partial charge is 0.444 e. The summed E-state index contributed by atoms with van der Waals surface area (Å²) in [5, 5.41) is 12.9. The highest BCUT2D eigenvalue weighted by molar-refractivity contribution is 6.02. The number of benzene rings is 2. The van der Waals surface area contributed by atoms with Gasteiger partial charge in [-0.25, -0.2) is 14.8 Å². The van der Waals surface area contributed by atoms with Gasteiger partial charge in [-0.3, -0.25) is 9.36 Å². The van der Waals surface area contributed by atoms with Crippen molar-refractivity contribution in [2.45, 2.75) is 39.0 Å². The third kappa shape index (κ3) is 5.02. The van der Waals surface area contributed by atoms with E-state index in [0.717, 1.165) is 22.2 Å². The lowest BCUT2D eigenvalue weighted by Crippen LogP contribution is -2.35. The van der Waals surface area contributed by atoms with E-state index in [1.165, 1.54) is 11.2 Å². The minimum Gasteiger partial charge on any atom is -0.444 e. The first-order chi connectivity index (χ1) is 19.6. The van der Waals surface area contributed by atoms with Crippen LogP contribution in [0.4, 0.5) is 10.6 Å². The summed E-state index contributed by atoms with van der Waals surface area (Å²) in [6.07, 6.45) is 3.96. The molecular weight excluding hydrogens is 520 g/mol. The quantitative estimate of drug-likeness (QED) is 0.342. The van der Waals surface area contributed by atoms with Crippen molar-refractivity contribution in [3.8, 4) is 16.8 Å². The molecule has 1 aliphatic heterocycles. The molecule has 2 aromatic carbocycles. The molecule has 1 saturated heterocycles. The van der Waals surface area contributed by atoms with E-state index in [4.69, 9.17) is 10.5 Å². The molecule has 0 unspecified atom stereocenters. The Labute approximate surface area is 236 Å². The molecular formula is C31H32N6O4. The first-order valence-electron chi connectivity index (χ1n) is 13.6.